The van der Waals surface area contributed by atoms with Crippen molar-refractivity contribution in [3.8, 4) is 11.3 Å². The van der Waals surface area contributed by atoms with E-state index in [2.05, 4.69) is 16.0 Å². The Morgan fingerprint density at radius 2 is 1.82 bits per heavy atom. The number of anilines is 1. The highest BCUT2D eigenvalue weighted by atomic mass is 35.5. The zero-order chi connectivity index (χ0) is 27.1. The third-order valence-corrected chi connectivity index (χ3v) is 7.01. The van der Waals surface area contributed by atoms with Crippen LogP contribution in [0, 0.1) is 17.6 Å². The van der Waals surface area contributed by atoms with E-state index in [1.54, 1.807) is 25.1 Å². The molecule has 1 fully saturated rings. The van der Waals surface area contributed by atoms with Crippen molar-refractivity contribution in [2.75, 3.05) is 11.9 Å². The van der Waals surface area contributed by atoms with Crippen LogP contribution in [-0.4, -0.2) is 30.4 Å². The number of carbonyl (C=O) groups excluding carboxylic acids is 2. The second kappa shape index (κ2) is 12.9. The van der Waals surface area contributed by atoms with Crippen molar-refractivity contribution in [1.82, 2.24) is 10.6 Å². The summed E-state index contributed by atoms with van der Waals surface area (Å²) in [6.45, 7) is 2.06. The molecule has 0 bridgehead atoms. The minimum absolute atomic E-state index is 0.0388. The number of hydrogen-bond donors (Lipinski definition) is 3. The van der Waals surface area contributed by atoms with Gasteiger partial charge in [0.2, 0.25) is 5.91 Å². The minimum Gasteiger partial charge on any atom is -0.451 e. The van der Waals surface area contributed by atoms with Gasteiger partial charge in [0.05, 0.1) is 5.69 Å². The molecule has 38 heavy (non-hydrogen) atoms. The average molecular weight is 544 g/mol. The molecule has 3 N–H and O–H groups in total. The summed E-state index contributed by atoms with van der Waals surface area (Å²) >= 11 is 5.95. The number of furan rings is 1. The number of halogens is 3. The molecule has 1 unspecified atom stereocenters. The smallest absolute Gasteiger partial charge is 0.287 e. The highest BCUT2D eigenvalue weighted by Gasteiger charge is 2.28. The van der Waals surface area contributed by atoms with Gasteiger partial charge < -0.3 is 20.4 Å². The first kappa shape index (κ1) is 27.6. The van der Waals surface area contributed by atoms with E-state index >= 15 is 0 Å². The van der Waals surface area contributed by atoms with Crippen molar-refractivity contribution in [3.63, 3.8) is 0 Å². The van der Waals surface area contributed by atoms with Crippen molar-refractivity contribution in [2.45, 2.75) is 57.5 Å². The maximum absolute atomic E-state index is 14.0. The van der Waals surface area contributed by atoms with Crippen LogP contribution in [0.15, 0.2) is 59.0 Å². The van der Waals surface area contributed by atoms with Crippen LogP contribution in [0.3, 0.4) is 0 Å². The topological polar surface area (TPSA) is 83.4 Å². The second-order valence-corrected chi connectivity index (χ2v) is 10.3. The van der Waals surface area contributed by atoms with Crippen LogP contribution in [0.5, 0.6) is 0 Å². The van der Waals surface area contributed by atoms with Crippen molar-refractivity contribution >= 4 is 29.1 Å². The van der Waals surface area contributed by atoms with Crippen LogP contribution in [0.25, 0.3) is 11.3 Å². The van der Waals surface area contributed by atoms with Crippen molar-refractivity contribution < 1.29 is 22.8 Å². The predicted octanol–water partition coefficient (Wildman–Crippen LogP) is 6.56. The maximum atomic E-state index is 14.0. The fourth-order valence-electron chi connectivity index (χ4n) is 4.76. The molecule has 0 spiro atoms. The van der Waals surface area contributed by atoms with Crippen molar-refractivity contribution in [3.05, 3.63) is 77.0 Å². The maximum Gasteiger partial charge on any atom is 0.287 e. The first-order valence-electron chi connectivity index (χ1n) is 12.9. The van der Waals surface area contributed by atoms with Gasteiger partial charge in [-0.15, -0.1) is 0 Å². The zero-order valence-electron chi connectivity index (χ0n) is 21.2. The first-order valence-corrected chi connectivity index (χ1v) is 13.3. The molecule has 1 aliphatic rings. The first-order chi connectivity index (χ1) is 18.3. The van der Waals surface area contributed by atoms with Gasteiger partial charge in [0, 0.05) is 23.2 Å². The molecule has 2 amide bonds. The number of carbonyl (C=O) groups is 2. The van der Waals surface area contributed by atoms with E-state index in [9.17, 15) is 18.4 Å². The lowest BCUT2D eigenvalue weighted by Gasteiger charge is -2.27. The lowest BCUT2D eigenvalue weighted by Crippen LogP contribution is -2.51. The van der Waals surface area contributed by atoms with E-state index in [0.29, 0.717) is 28.7 Å². The molecule has 202 valence electrons. The van der Waals surface area contributed by atoms with Crippen LogP contribution in [-0.2, 0) is 4.79 Å². The Labute approximate surface area is 226 Å². The third kappa shape index (κ3) is 7.57. The minimum atomic E-state index is -0.765. The van der Waals surface area contributed by atoms with Gasteiger partial charge in [-0.05, 0) is 61.7 Å². The standard InChI is InChI=1S/C29H32ClF2N3O3/c1-18(17-33-24-16-21(30)10-11-23(24)32)34-28(36)25(14-19-6-3-2-4-7-19)35-29(37)27-13-12-26(38-27)20-8-5-9-22(31)15-20/h5,8-13,15-16,18-19,25,33H,2-4,6-7,14,17H2,1H3,(H,34,36)(H,35,37)/t18-,25?/m0/s1. The molecule has 1 heterocycles. The van der Waals surface area contributed by atoms with E-state index in [1.165, 1.54) is 42.8 Å². The lowest BCUT2D eigenvalue weighted by molar-refractivity contribution is -0.124. The van der Waals surface area contributed by atoms with Gasteiger partial charge in [-0.1, -0.05) is 55.8 Å². The van der Waals surface area contributed by atoms with Gasteiger partial charge in [-0.25, -0.2) is 8.78 Å². The average Bonchev–Trinajstić information content (AvgIpc) is 3.40. The molecule has 6 nitrogen and oxygen atoms in total. The monoisotopic (exact) mass is 543 g/mol. The molecule has 0 aliphatic heterocycles. The van der Waals surface area contributed by atoms with Crippen LogP contribution >= 0.6 is 11.6 Å². The SMILES string of the molecule is C[C@@H](CNc1cc(Cl)ccc1F)NC(=O)C(CC1CCCCC1)NC(=O)c1ccc(-c2cccc(F)c2)o1. The van der Waals surface area contributed by atoms with Gasteiger partial charge >= 0.3 is 0 Å². The molecule has 9 heteroatoms. The van der Waals surface area contributed by atoms with Gasteiger partial charge in [0.25, 0.3) is 5.91 Å². The lowest BCUT2D eigenvalue weighted by atomic mass is 9.84. The highest BCUT2D eigenvalue weighted by molar-refractivity contribution is 6.30. The van der Waals surface area contributed by atoms with Crippen LogP contribution in [0.1, 0.15) is 56.0 Å². The predicted molar refractivity (Wildman–Crippen MR) is 144 cm³/mol. The van der Waals surface area contributed by atoms with Crippen molar-refractivity contribution in [1.29, 1.82) is 0 Å². The summed E-state index contributed by atoms with van der Waals surface area (Å²) in [5.41, 5.74) is 0.760. The normalized spacial score (nSPS) is 15.5. The summed E-state index contributed by atoms with van der Waals surface area (Å²) in [6.07, 6.45) is 5.92. The van der Waals surface area contributed by atoms with E-state index in [-0.39, 0.29) is 29.9 Å². The molecule has 2 atom stereocenters. The zero-order valence-corrected chi connectivity index (χ0v) is 22.0. The fourth-order valence-corrected chi connectivity index (χ4v) is 4.94. The summed E-state index contributed by atoms with van der Waals surface area (Å²) < 4.78 is 33.3. The highest BCUT2D eigenvalue weighted by Crippen LogP contribution is 2.28. The van der Waals surface area contributed by atoms with Crippen molar-refractivity contribution in [2.24, 2.45) is 5.92 Å². The molecular formula is C29H32ClF2N3O3. The number of amides is 2. The van der Waals surface area contributed by atoms with E-state index in [1.807, 2.05) is 0 Å². The molecule has 3 aromatic rings. The number of hydrogen-bond acceptors (Lipinski definition) is 4. The Kier molecular flexibility index (Phi) is 9.39. The largest absolute Gasteiger partial charge is 0.451 e. The Bertz CT molecular complexity index is 1260. The second-order valence-electron chi connectivity index (χ2n) is 9.85. The van der Waals surface area contributed by atoms with E-state index in [0.717, 1.165) is 25.7 Å². The van der Waals surface area contributed by atoms with Gasteiger partial charge in [0.15, 0.2) is 5.76 Å². The van der Waals surface area contributed by atoms with Gasteiger partial charge in [-0.3, -0.25) is 9.59 Å². The molecule has 1 aliphatic carbocycles. The number of benzene rings is 2. The molecule has 4 rings (SSSR count). The Hall–Kier alpha value is -3.39. The molecular weight excluding hydrogens is 512 g/mol. The molecule has 1 saturated carbocycles. The molecule has 1 aromatic heterocycles. The van der Waals surface area contributed by atoms with Crippen LogP contribution < -0.4 is 16.0 Å². The molecule has 0 radical (unpaired) electrons. The van der Waals surface area contributed by atoms with Crippen LogP contribution in [0.4, 0.5) is 14.5 Å². The number of rotatable bonds is 10. The van der Waals surface area contributed by atoms with Crippen LogP contribution in [0.2, 0.25) is 5.02 Å². The Morgan fingerprint density at radius 3 is 2.58 bits per heavy atom. The van der Waals surface area contributed by atoms with E-state index in [4.69, 9.17) is 16.0 Å². The molecule has 0 saturated heterocycles. The quantitative estimate of drug-likeness (QED) is 0.270. The summed E-state index contributed by atoms with van der Waals surface area (Å²) in [6, 6.07) is 12.1. The third-order valence-electron chi connectivity index (χ3n) is 6.77. The van der Waals surface area contributed by atoms with Gasteiger partial charge in [0.1, 0.15) is 23.4 Å². The Balaban J connectivity index is 1.41. The summed E-state index contributed by atoms with van der Waals surface area (Å²) in [4.78, 5) is 26.3. The van der Waals surface area contributed by atoms with E-state index < -0.39 is 23.6 Å². The summed E-state index contributed by atoms with van der Waals surface area (Å²) in [5.74, 6) is -0.958. The molecule has 2 aromatic carbocycles. The Morgan fingerprint density at radius 1 is 1.03 bits per heavy atom. The summed E-state index contributed by atoms with van der Waals surface area (Å²) in [5, 5.41) is 9.13. The van der Waals surface area contributed by atoms with Gasteiger partial charge in [-0.2, -0.15) is 0 Å². The fraction of sp³-hybridized carbons (Fsp3) is 0.379. The number of nitrogens with one attached hydrogen (secondary N) is 3. The summed E-state index contributed by atoms with van der Waals surface area (Å²) in [7, 11) is 0.